The summed E-state index contributed by atoms with van der Waals surface area (Å²) in [6.45, 7) is 0. The fourth-order valence-electron chi connectivity index (χ4n) is 0.513. The van der Waals surface area contributed by atoms with Gasteiger partial charge in [-0.1, -0.05) is 0 Å². The van der Waals surface area contributed by atoms with E-state index in [1.165, 1.54) is 0 Å². The van der Waals surface area contributed by atoms with Gasteiger partial charge in [-0.05, 0) is 0 Å². The summed E-state index contributed by atoms with van der Waals surface area (Å²) >= 11 is 1.42. The molecule has 1 aliphatic heterocycles. The molecule has 0 aromatic heterocycles. The molecule has 59 valence electrons. The molecule has 11 heavy (non-hydrogen) atoms. The van der Waals surface area contributed by atoms with E-state index in [1.54, 1.807) is 0 Å². The maximum atomic E-state index is 2.32. The van der Waals surface area contributed by atoms with Crippen molar-refractivity contribution in [1.29, 1.82) is 0 Å². The second kappa shape index (κ2) is 8.69. The van der Waals surface area contributed by atoms with E-state index in [0.29, 0.717) is 26.9 Å². The number of rotatable bonds is 0. The Bertz CT molecular complexity index is 175. The standard InChI is InChI=1S/C5H5.C3H3As2.Fe/c2*1-2-4-5-3-1;/h1-5H;1-3H;/q-1;;. The zero-order chi connectivity index (χ0) is 7.07. The van der Waals surface area contributed by atoms with Crippen LogP contribution in [0.15, 0.2) is 41.3 Å². The molecule has 0 saturated carbocycles. The quantitative estimate of drug-likeness (QED) is 0.496. The molecule has 3 heteroatoms. The minimum Gasteiger partial charge on any atom is -0.214 e. The molecule has 0 aliphatic carbocycles. The summed E-state index contributed by atoms with van der Waals surface area (Å²) in [5, 5.41) is 0. The van der Waals surface area contributed by atoms with Gasteiger partial charge in [0.1, 0.15) is 0 Å². The van der Waals surface area contributed by atoms with Gasteiger partial charge in [-0.3, -0.25) is 0 Å². The Kier molecular flexibility index (Phi) is 9.16. The van der Waals surface area contributed by atoms with Crippen LogP contribution in [0, 0.1) is 0 Å². The maximum absolute atomic E-state index is 2.32. The van der Waals surface area contributed by atoms with E-state index < -0.39 is 0 Å². The van der Waals surface area contributed by atoms with Gasteiger partial charge in [0, 0.05) is 17.1 Å². The van der Waals surface area contributed by atoms with E-state index >= 15 is 0 Å². The molecule has 0 nitrogen and oxygen atoms in total. The summed E-state index contributed by atoms with van der Waals surface area (Å²) in [5.41, 5.74) is 0. The van der Waals surface area contributed by atoms with Gasteiger partial charge in [0.05, 0.1) is 0 Å². The third kappa shape index (κ3) is 6.97. The van der Waals surface area contributed by atoms with Crippen molar-refractivity contribution in [2.45, 2.75) is 0 Å². The van der Waals surface area contributed by atoms with Crippen LogP contribution >= 0.6 is 0 Å². The van der Waals surface area contributed by atoms with Crippen LogP contribution in [0.25, 0.3) is 0 Å². The molecule has 1 heterocycles. The Morgan fingerprint density at radius 1 is 1.09 bits per heavy atom. The number of allylic oxidation sites excluding steroid dienone is 1. The Morgan fingerprint density at radius 2 is 1.82 bits per heavy atom. The normalized spacial score (nSPS) is 15.3. The van der Waals surface area contributed by atoms with Crippen LogP contribution in [0.3, 0.4) is 0 Å². The Morgan fingerprint density at radius 3 is 2.00 bits per heavy atom. The second-order valence-electron chi connectivity index (χ2n) is 1.68. The molecule has 1 radical (unpaired) electrons. The zero-order valence-corrected chi connectivity index (χ0v) is 10.7. The molecule has 0 atom stereocenters. The van der Waals surface area contributed by atoms with Crippen molar-refractivity contribution in [1.82, 2.24) is 0 Å². The molecule has 0 amide bonds. The predicted octanol–water partition coefficient (Wildman–Crippen LogP) is 1.04. The smallest absolute Gasteiger partial charge is 0 e. The monoisotopic (exact) mass is 310 g/mol. The van der Waals surface area contributed by atoms with Crippen LogP contribution in [0.4, 0.5) is 0 Å². The van der Waals surface area contributed by atoms with E-state index in [1.807, 2.05) is 30.3 Å². The van der Waals surface area contributed by atoms with E-state index in [-0.39, 0.29) is 17.1 Å². The first kappa shape index (κ1) is 11.6. The summed E-state index contributed by atoms with van der Waals surface area (Å²) in [4.78, 5) is 4.63. The van der Waals surface area contributed by atoms with Gasteiger partial charge < -0.3 is 0 Å². The first-order chi connectivity index (χ1) is 5.00. The molecule has 0 fully saturated rings. The Labute approximate surface area is 89.5 Å². The molecular formula is C8H8As2Fe-. The minimum atomic E-state index is 0. The summed E-state index contributed by atoms with van der Waals surface area (Å²) in [7, 11) is 0. The van der Waals surface area contributed by atoms with Crippen molar-refractivity contribution in [3.05, 3.63) is 41.3 Å². The molecule has 0 N–H and O–H groups in total. The SMILES string of the molecule is C1=C[As][As]=C1.[Fe].c1cc[cH-]c1. The van der Waals surface area contributed by atoms with Gasteiger partial charge in [0.25, 0.3) is 0 Å². The third-order valence-electron chi connectivity index (χ3n) is 0.928. The van der Waals surface area contributed by atoms with Gasteiger partial charge in [-0.15, -0.1) is 0 Å². The average Bonchev–Trinajstić information content (AvgIpc) is 2.67. The molecular weight excluding hydrogens is 302 g/mol. The molecule has 0 bridgehead atoms. The van der Waals surface area contributed by atoms with E-state index in [9.17, 15) is 0 Å². The fraction of sp³-hybridized carbons (Fsp3) is 0. The Hall–Kier alpha value is 0.596. The van der Waals surface area contributed by atoms with Gasteiger partial charge in [0.15, 0.2) is 0 Å². The largest absolute Gasteiger partial charge is 0.214 e. The minimum absolute atomic E-state index is 0. The van der Waals surface area contributed by atoms with Crippen molar-refractivity contribution in [3.8, 4) is 0 Å². The molecule has 1 aromatic carbocycles. The summed E-state index contributed by atoms with van der Waals surface area (Å²) in [6, 6.07) is 10.0. The summed E-state index contributed by atoms with van der Waals surface area (Å²) in [6.07, 6.45) is 2.19. The van der Waals surface area contributed by atoms with E-state index in [4.69, 9.17) is 0 Å². The van der Waals surface area contributed by atoms with Gasteiger partial charge in [0.2, 0.25) is 0 Å². The zero-order valence-electron chi connectivity index (χ0n) is 5.87. The van der Waals surface area contributed by atoms with Crippen molar-refractivity contribution < 1.29 is 17.1 Å². The van der Waals surface area contributed by atoms with Gasteiger partial charge in [-0.2, -0.15) is 18.2 Å². The summed E-state index contributed by atoms with van der Waals surface area (Å²) in [5.74, 6) is 0. The average molecular weight is 310 g/mol. The predicted molar refractivity (Wildman–Crippen MR) is 48.7 cm³/mol. The van der Waals surface area contributed by atoms with Crippen LogP contribution in [0.2, 0.25) is 0 Å². The van der Waals surface area contributed by atoms with Crippen LogP contribution in [-0.4, -0.2) is 31.7 Å². The van der Waals surface area contributed by atoms with Crippen LogP contribution in [0.1, 0.15) is 0 Å². The number of hydrogen-bond acceptors (Lipinski definition) is 0. The van der Waals surface area contributed by atoms with Crippen LogP contribution < -0.4 is 0 Å². The van der Waals surface area contributed by atoms with Crippen molar-refractivity contribution in [2.75, 3.05) is 0 Å². The van der Waals surface area contributed by atoms with Gasteiger partial charge >= 0.3 is 42.7 Å². The first-order valence-electron chi connectivity index (χ1n) is 3.05. The fourth-order valence-corrected chi connectivity index (χ4v) is 5.52. The van der Waals surface area contributed by atoms with Crippen LogP contribution in [0.5, 0.6) is 0 Å². The van der Waals surface area contributed by atoms with E-state index in [2.05, 4.69) is 15.7 Å². The van der Waals surface area contributed by atoms with Crippen LogP contribution in [-0.2, 0) is 17.1 Å². The number of hydrogen-bond donors (Lipinski definition) is 0. The first-order valence-corrected chi connectivity index (χ1v) is 10.4. The molecule has 1 aliphatic rings. The molecule has 0 unspecified atom stereocenters. The molecule has 1 aromatic rings. The molecule has 0 spiro atoms. The summed E-state index contributed by atoms with van der Waals surface area (Å²) < 4.78 is 0. The molecule has 0 saturated heterocycles. The topological polar surface area (TPSA) is 0 Å². The third-order valence-corrected chi connectivity index (χ3v) is 6.85. The van der Waals surface area contributed by atoms with Crippen molar-refractivity contribution >= 4 is 31.7 Å². The van der Waals surface area contributed by atoms with Gasteiger partial charge in [-0.25, -0.2) is 12.1 Å². The molecule has 2 rings (SSSR count). The second-order valence-corrected chi connectivity index (χ2v) is 8.94. The maximum Gasteiger partial charge on any atom is 0 e. The van der Waals surface area contributed by atoms with Crippen molar-refractivity contribution in [3.63, 3.8) is 0 Å². The van der Waals surface area contributed by atoms with Crippen molar-refractivity contribution in [2.24, 2.45) is 0 Å². The Balaban J connectivity index is 0.000000167. The van der Waals surface area contributed by atoms with E-state index in [0.717, 1.165) is 0 Å².